The van der Waals surface area contributed by atoms with E-state index in [2.05, 4.69) is 0 Å². The van der Waals surface area contributed by atoms with Crippen LogP contribution in [0.3, 0.4) is 0 Å². The molecule has 15 heteroatoms. The first-order chi connectivity index (χ1) is 18.6. The van der Waals surface area contributed by atoms with E-state index in [0.29, 0.717) is 22.7 Å². The molecule has 0 aromatic heterocycles. The monoisotopic (exact) mass is 624 g/mol. The maximum absolute atomic E-state index is 13.8. The number of carbonyl (C=O) groups is 2. The van der Waals surface area contributed by atoms with Crippen LogP contribution in [0.1, 0.15) is 27.4 Å². The van der Waals surface area contributed by atoms with E-state index >= 15 is 0 Å². The molecular formula is C25H26Cl2F4N4O4S. The highest BCUT2D eigenvalue weighted by Gasteiger charge is 2.43. The summed E-state index contributed by atoms with van der Waals surface area (Å²) in [7, 11) is -1.99. The second kappa shape index (κ2) is 11.3. The fourth-order valence-corrected chi connectivity index (χ4v) is 6.18. The SMILES string of the molecule is CN(C(=O)c1ccc(F)c(C(F)(F)F)c1)[C@H]1CN(C(=O)N2CCN(S(C)(=O)=O)CC2)C[C@H]1c1ccc(Cl)c(Cl)c1. The van der Waals surface area contributed by atoms with Gasteiger partial charge in [0.15, 0.2) is 0 Å². The van der Waals surface area contributed by atoms with Crippen molar-refractivity contribution in [2.24, 2.45) is 0 Å². The number of halogens is 6. The van der Waals surface area contributed by atoms with Crippen LogP contribution in [-0.4, -0.2) is 98.0 Å². The molecule has 0 saturated carbocycles. The number of sulfonamides is 1. The van der Waals surface area contributed by atoms with Gasteiger partial charge in [0.25, 0.3) is 5.91 Å². The quantitative estimate of drug-likeness (QED) is 0.473. The number of alkyl halides is 3. The van der Waals surface area contributed by atoms with E-state index in [1.165, 1.54) is 26.1 Å². The first kappa shape index (κ1) is 30.4. The zero-order valence-electron chi connectivity index (χ0n) is 21.5. The van der Waals surface area contributed by atoms with Crippen LogP contribution in [0.4, 0.5) is 22.4 Å². The fourth-order valence-electron chi connectivity index (χ4n) is 5.05. The summed E-state index contributed by atoms with van der Waals surface area (Å²) < 4.78 is 78.6. The van der Waals surface area contributed by atoms with Gasteiger partial charge in [-0.3, -0.25) is 4.79 Å². The minimum atomic E-state index is -4.99. The molecule has 2 aliphatic rings. The summed E-state index contributed by atoms with van der Waals surface area (Å²) in [5.74, 6) is -2.75. The topological polar surface area (TPSA) is 81.2 Å². The van der Waals surface area contributed by atoms with Crippen LogP contribution >= 0.6 is 23.2 Å². The normalized spacial score (nSPS) is 20.6. The third kappa shape index (κ3) is 6.32. The molecule has 2 saturated heterocycles. The summed E-state index contributed by atoms with van der Waals surface area (Å²) in [6.45, 7) is 0.837. The van der Waals surface area contributed by atoms with E-state index in [1.54, 1.807) is 18.2 Å². The third-order valence-corrected chi connectivity index (χ3v) is 9.29. The minimum absolute atomic E-state index is 0.0472. The molecule has 218 valence electrons. The second-order valence-corrected chi connectivity index (χ2v) is 12.6. The summed E-state index contributed by atoms with van der Waals surface area (Å²) in [5.41, 5.74) is -1.25. The molecule has 0 radical (unpaired) electrons. The van der Waals surface area contributed by atoms with E-state index < -0.39 is 45.4 Å². The Bertz CT molecular complexity index is 1420. The molecule has 2 atom stereocenters. The molecule has 40 heavy (non-hydrogen) atoms. The lowest BCUT2D eigenvalue weighted by Crippen LogP contribution is -2.53. The molecule has 3 amide bonds. The van der Waals surface area contributed by atoms with Crippen LogP contribution < -0.4 is 0 Å². The Kier molecular flexibility index (Phi) is 8.61. The number of amides is 3. The molecule has 0 N–H and O–H groups in total. The van der Waals surface area contributed by atoms with Crippen LogP contribution in [-0.2, 0) is 16.2 Å². The molecule has 0 unspecified atom stereocenters. The van der Waals surface area contributed by atoms with Gasteiger partial charge in [0.05, 0.1) is 27.9 Å². The number of benzene rings is 2. The highest BCUT2D eigenvalue weighted by molar-refractivity contribution is 7.88. The summed E-state index contributed by atoms with van der Waals surface area (Å²) in [6, 6.07) is 5.90. The van der Waals surface area contributed by atoms with Gasteiger partial charge in [-0.2, -0.15) is 17.5 Å². The molecule has 0 bridgehead atoms. The zero-order valence-corrected chi connectivity index (χ0v) is 23.8. The van der Waals surface area contributed by atoms with Gasteiger partial charge in [0.1, 0.15) is 5.82 Å². The molecule has 0 aliphatic carbocycles. The number of rotatable bonds is 4. The molecule has 8 nitrogen and oxygen atoms in total. The van der Waals surface area contributed by atoms with Crippen LogP contribution in [0.2, 0.25) is 10.0 Å². The van der Waals surface area contributed by atoms with Crippen molar-refractivity contribution in [2.75, 3.05) is 52.6 Å². The van der Waals surface area contributed by atoms with Crippen molar-refractivity contribution >= 4 is 45.2 Å². The van der Waals surface area contributed by atoms with Crippen LogP contribution in [0, 0.1) is 5.82 Å². The second-order valence-electron chi connectivity index (χ2n) is 9.79. The Balaban J connectivity index is 1.60. The highest BCUT2D eigenvalue weighted by Crippen LogP contribution is 2.36. The van der Waals surface area contributed by atoms with Crippen molar-refractivity contribution in [1.82, 2.24) is 19.0 Å². The van der Waals surface area contributed by atoms with Gasteiger partial charge in [-0.25, -0.2) is 17.6 Å². The van der Waals surface area contributed by atoms with Crippen molar-refractivity contribution in [3.05, 3.63) is 69.0 Å². The predicted molar refractivity (Wildman–Crippen MR) is 141 cm³/mol. The standard InChI is InChI=1S/C25H26Cl2F4N4O4S/c1-32(23(36)16-4-6-21(28)18(11-16)25(29,30)31)22-14-34(13-17(22)15-3-5-19(26)20(27)12-15)24(37)33-7-9-35(10-8-33)40(2,38)39/h3-6,11-12,17,22H,7-10,13-14H2,1-2H3/t17-,22-/m0/s1. The summed E-state index contributed by atoms with van der Waals surface area (Å²) >= 11 is 12.3. The smallest absolute Gasteiger partial charge is 0.336 e. The van der Waals surface area contributed by atoms with Gasteiger partial charge in [-0.05, 0) is 35.9 Å². The molecule has 2 aromatic carbocycles. The number of carbonyl (C=O) groups excluding carboxylic acids is 2. The number of hydrogen-bond donors (Lipinski definition) is 0. The minimum Gasteiger partial charge on any atom is -0.336 e. The molecule has 0 spiro atoms. The summed E-state index contributed by atoms with van der Waals surface area (Å²) in [5, 5.41) is 0.550. The molecule has 2 heterocycles. The third-order valence-electron chi connectivity index (χ3n) is 7.25. The Morgan fingerprint density at radius 3 is 2.17 bits per heavy atom. The maximum Gasteiger partial charge on any atom is 0.419 e. The lowest BCUT2D eigenvalue weighted by atomic mass is 9.93. The summed E-state index contributed by atoms with van der Waals surface area (Å²) in [6.07, 6.45) is -3.89. The number of urea groups is 1. The van der Waals surface area contributed by atoms with Gasteiger partial charge in [0, 0.05) is 57.8 Å². The van der Waals surface area contributed by atoms with Crippen molar-refractivity contribution < 1.29 is 35.6 Å². The average Bonchev–Trinajstić information content (AvgIpc) is 3.33. The highest BCUT2D eigenvalue weighted by atomic mass is 35.5. The first-order valence-electron chi connectivity index (χ1n) is 12.2. The number of likely N-dealkylation sites (tertiary alicyclic amines) is 1. The van der Waals surface area contributed by atoms with Crippen LogP contribution in [0.25, 0.3) is 0 Å². The number of piperazine rings is 1. The molecule has 2 aliphatic heterocycles. The van der Waals surface area contributed by atoms with Gasteiger partial charge in [-0.1, -0.05) is 29.3 Å². The van der Waals surface area contributed by atoms with E-state index in [0.717, 1.165) is 12.3 Å². The number of hydrogen-bond acceptors (Lipinski definition) is 4. The van der Waals surface area contributed by atoms with E-state index in [9.17, 15) is 35.6 Å². The Hall–Kier alpha value is -2.61. The summed E-state index contributed by atoms with van der Waals surface area (Å²) in [4.78, 5) is 31.0. The van der Waals surface area contributed by atoms with Gasteiger partial charge in [0.2, 0.25) is 10.0 Å². The Morgan fingerprint density at radius 2 is 1.60 bits per heavy atom. The molecule has 4 rings (SSSR count). The molecular weight excluding hydrogens is 599 g/mol. The van der Waals surface area contributed by atoms with Gasteiger partial charge < -0.3 is 14.7 Å². The van der Waals surface area contributed by atoms with Crippen LogP contribution in [0.15, 0.2) is 36.4 Å². The van der Waals surface area contributed by atoms with E-state index in [-0.39, 0.29) is 55.9 Å². The Labute approximate surface area is 239 Å². The predicted octanol–water partition coefficient (Wildman–Crippen LogP) is 4.39. The van der Waals surface area contributed by atoms with Crippen molar-refractivity contribution in [1.29, 1.82) is 0 Å². The number of nitrogens with zero attached hydrogens (tertiary/aromatic N) is 4. The number of likely N-dealkylation sites (N-methyl/N-ethyl adjacent to an activating group) is 1. The largest absolute Gasteiger partial charge is 0.419 e. The molecule has 2 fully saturated rings. The zero-order chi connectivity index (χ0) is 29.6. The van der Waals surface area contributed by atoms with Crippen molar-refractivity contribution in [3.8, 4) is 0 Å². The van der Waals surface area contributed by atoms with E-state index in [4.69, 9.17) is 23.2 Å². The van der Waals surface area contributed by atoms with Gasteiger partial charge >= 0.3 is 12.2 Å². The van der Waals surface area contributed by atoms with Crippen LogP contribution in [0.5, 0.6) is 0 Å². The maximum atomic E-state index is 13.8. The van der Waals surface area contributed by atoms with Crippen molar-refractivity contribution in [2.45, 2.75) is 18.1 Å². The first-order valence-corrected chi connectivity index (χ1v) is 14.8. The lowest BCUT2D eigenvalue weighted by molar-refractivity contribution is -0.140. The lowest BCUT2D eigenvalue weighted by Gasteiger charge is -2.35. The fraction of sp³-hybridized carbons (Fsp3) is 0.440. The average molecular weight is 625 g/mol. The van der Waals surface area contributed by atoms with Crippen molar-refractivity contribution in [3.63, 3.8) is 0 Å². The van der Waals surface area contributed by atoms with Gasteiger partial charge in [-0.15, -0.1) is 0 Å². The van der Waals surface area contributed by atoms with E-state index in [1.807, 2.05) is 0 Å². The Morgan fingerprint density at radius 1 is 0.950 bits per heavy atom. The molecule has 2 aromatic rings.